The molecule has 1 N–H and O–H groups in total. The number of benzene rings is 1. The van der Waals surface area contributed by atoms with Crippen LogP contribution in [0.4, 0.5) is 23.4 Å². The highest BCUT2D eigenvalue weighted by molar-refractivity contribution is 5.34. The Labute approximate surface area is 100 Å². The van der Waals surface area contributed by atoms with Crippen LogP contribution in [0.15, 0.2) is 30.5 Å². The standard InChI is InChI=1S/C11H9F4N3/c12-8-3-7(4-9(13)5-8)6-16-10-1-2-18(17-10)11(14)15/h1-5,11H,6H2,(H,16,17). The highest BCUT2D eigenvalue weighted by Crippen LogP contribution is 2.13. The molecule has 0 radical (unpaired) electrons. The van der Waals surface area contributed by atoms with Crippen molar-refractivity contribution in [3.05, 3.63) is 47.7 Å². The molecule has 0 saturated carbocycles. The third-order valence-corrected chi connectivity index (χ3v) is 2.20. The quantitative estimate of drug-likeness (QED) is 0.855. The largest absolute Gasteiger partial charge is 0.365 e. The number of nitrogens with zero attached hydrogens (tertiary/aromatic N) is 2. The van der Waals surface area contributed by atoms with Crippen molar-refractivity contribution in [3.8, 4) is 0 Å². The molecule has 7 heteroatoms. The molecule has 0 aliphatic carbocycles. The van der Waals surface area contributed by atoms with Crippen LogP contribution in [0.5, 0.6) is 0 Å². The van der Waals surface area contributed by atoms with Crippen molar-refractivity contribution in [2.24, 2.45) is 0 Å². The minimum atomic E-state index is -2.72. The van der Waals surface area contributed by atoms with E-state index in [0.717, 1.165) is 24.4 Å². The average Bonchev–Trinajstić information content (AvgIpc) is 2.73. The maximum Gasteiger partial charge on any atom is 0.333 e. The van der Waals surface area contributed by atoms with Gasteiger partial charge in [0.25, 0.3) is 0 Å². The molecule has 0 atom stereocenters. The monoisotopic (exact) mass is 259 g/mol. The van der Waals surface area contributed by atoms with Crippen LogP contribution >= 0.6 is 0 Å². The van der Waals surface area contributed by atoms with E-state index >= 15 is 0 Å². The first-order valence-electron chi connectivity index (χ1n) is 5.07. The second-order valence-electron chi connectivity index (χ2n) is 3.59. The molecule has 0 saturated heterocycles. The van der Waals surface area contributed by atoms with Crippen LogP contribution in [-0.2, 0) is 6.54 Å². The number of hydrogen-bond acceptors (Lipinski definition) is 2. The van der Waals surface area contributed by atoms with Crippen LogP contribution in [0, 0.1) is 11.6 Å². The summed E-state index contributed by atoms with van der Waals surface area (Å²) in [4.78, 5) is 0. The Morgan fingerprint density at radius 1 is 1.17 bits per heavy atom. The molecule has 1 aromatic carbocycles. The maximum absolute atomic E-state index is 12.9. The highest BCUT2D eigenvalue weighted by atomic mass is 19.3. The van der Waals surface area contributed by atoms with Gasteiger partial charge >= 0.3 is 6.55 Å². The van der Waals surface area contributed by atoms with E-state index in [9.17, 15) is 17.6 Å². The fraction of sp³-hybridized carbons (Fsp3) is 0.182. The van der Waals surface area contributed by atoms with Crippen LogP contribution in [0.25, 0.3) is 0 Å². The van der Waals surface area contributed by atoms with Crippen LogP contribution < -0.4 is 5.32 Å². The average molecular weight is 259 g/mol. The molecule has 2 aromatic rings. The Bertz CT molecular complexity index is 519. The SMILES string of the molecule is Fc1cc(F)cc(CNc2ccn(C(F)F)n2)c1. The van der Waals surface area contributed by atoms with E-state index in [0.29, 0.717) is 10.2 Å². The second-order valence-corrected chi connectivity index (χ2v) is 3.59. The normalized spacial score (nSPS) is 10.9. The summed E-state index contributed by atoms with van der Waals surface area (Å²) in [7, 11) is 0. The zero-order chi connectivity index (χ0) is 13.1. The van der Waals surface area contributed by atoms with Crippen molar-refractivity contribution in [3.63, 3.8) is 0 Å². The lowest BCUT2D eigenvalue weighted by Gasteiger charge is -2.04. The third kappa shape index (κ3) is 2.99. The van der Waals surface area contributed by atoms with Crippen LogP contribution in [0.1, 0.15) is 12.1 Å². The third-order valence-electron chi connectivity index (χ3n) is 2.20. The molecule has 0 aliphatic heterocycles. The van der Waals surface area contributed by atoms with E-state index in [2.05, 4.69) is 10.4 Å². The lowest BCUT2D eigenvalue weighted by molar-refractivity contribution is 0.0569. The molecule has 0 spiro atoms. The lowest BCUT2D eigenvalue weighted by Crippen LogP contribution is -2.03. The van der Waals surface area contributed by atoms with Crippen LogP contribution in [-0.4, -0.2) is 9.78 Å². The van der Waals surface area contributed by atoms with Gasteiger partial charge in [-0.15, -0.1) is 0 Å². The predicted molar refractivity (Wildman–Crippen MR) is 57.2 cm³/mol. The summed E-state index contributed by atoms with van der Waals surface area (Å²) >= 11 is 0. The zero-order valence-corrected chi connectivity index (χ0v) is 9.08. The second kappa shape index (κ2) is 5.07. The van der Waals surface area contributed by atoms with Crippen molar-refractivity contribution in [2.75, 3.05) is 5.32 Å². The van der Waals surface area contributed by atoms with Gasteiger partial charge in [-0.3, -0.25) is 0 Å². The van der Waals surface area contributed by atoms with E-state index < -0.39 is 18.2 Å². The predicted octanol–water partition coefficient (Wildman–Crippen LogP) is 3.17. The summed E-state index contributed by atoms with van der Waals surface area (Å²) in [6.45, 7) is -2.62. The fourth-order valence-corrected chi connectivity index (χ4v) is 1.45. The first-order chi connectivity index (χ1) is 8.54. The number of rotatable bonds is 4. The number of anilines is 1. The Morgan fingerprint density at radius 2 is 1.83 bits per heavy atom. The van der Waals surface area contributed by atoms with Crippen molar-refractivity contribution in [2.45, 2.75) is 13.1 Å². The van der Waals surface area contributed by atoms with Crippen molar-refractivity contribution < 1.29 is 17.6 Å². The lowest BCUT2D eigenvalue weighted by atomic mass is 10.2. The smallest absolute Gasteiger partial charge is 0.333 e. The number of halogens is 4. The van der Waals surface area contributed by atoms with E-state index in [1.54, 1.807) is 0 Å². The summed E-state index contributed by atoms with van der Waals surface area (Å²) in [5.74, 6) is -1.17. The van der Waals surface area contributed by atoms with Crippen molar-refractivity contribution in [1.29, 1.82) is 0 Å². The van der Waals surface area contributed by atoms with Crippen LogP contribution in [0.3, 0.4) is 0 Å². The first kappa shape index (κ1) is 12.4. The molecule has 0 amide bonds. The molecular formula is C11H9F4N3. The highest BCUT2D eigenvalue weighted by Gasteiger charge is 2.07. The number of nitrogens with one attached hydrogen (secondary N) is 1. The molecule has 18 heavy (non-hydrogen) atoms. The molecule has 1 aromatic heterocycles. The summed E-state index contributed by atoms with van der Waals surface area (Å²) in [6, 6.07) is 4.41. The molecule has 2 rings (SSSR count). The minimum absolute atomic E-state index is 0.0922. The molecule has 0 aliphatic rings. The molecule has 0 fully saturated rings. The molecule has 96 valence electrons. The molecule has 3 nitrogen and oxygen atoms in total. The van der Waals surface area contributed by atoms with E-state index in [1.165, 1.54) is 6.07 Å². The molecule has 1 heterocycles. The number of hydrogen-bond donors (Lipinski definition) is 1. The fourth-order valence-electron chi connectivity index (χ4n) is 1.45. The number of alkyl halides is 2. The molecule has 0 unspecified atom stereocenters. The summed E-state index contributed by atoms with van der Waals surface area (Å²) in [6.07, 6.45) is 1.11. The summed E-state index contributed by atoms with van der Waals surface area (Å²) in [5.41, 5.74) is 0.360. The zero-order valence-electron chi connectivity index (χ0n) is 9.08. The summed E-state index contributed by atoms with van der Waals surface area (Å²) in [5, 5.41) is 6.23. The van der Waals surface area contributed by atoms with Gasteiger partial charge in [0.1, 0.15) is 17.5 Å². The molecule has 0 bridgehead atoms. The van der Waals surface area contributed by atoms with Gasteiger partial charge < -0.3 is 5.32 Å². The Balaban J connectivity index is 2.02. The topological polar surface area (TPSA) is 29.9 Å². The summed E-state index contributed by atoms with van der Waals surface area (Å²) < 4.78 is 50.7. The minimum Gasteiger partial charge on any atom is -0.365 e. The van der Waals surface area contributed by atoms with Gasteiger partial charge in [0.05, 0.1) is 0 Å². The van der Waals surface area contributed by atoms with E-state index in [-0.39, 0.29) is 12.4 Å². The van der Waals surface area contributed by atoms with Gasteiger partial charge in [-0.2, -0.15) is 13.9 Å². The maximum atomic E-state index is 12.9. The van der Waals surface area contributed by atoms with E-state index in [1.807, 2.05) is 0 Å². The van der Waals surface area contributed by atoms with Crippen LogP contribution in [0.2, 0.25) is 0 Å². The molecular weight excluding hydrogens is 250 g/mol. The number of aromatic nitrogens is 2. The Hall–Kier alpha value is -2.05. The van der Waals surface area contributed by atoms with Gasteiger partial charge in [0.15, 0.2) is 0 Å². The van der Waals surface area contributed by atoms with Gasteiger partial charge in [-0.25, -0.2) is 13.5 Å². The van der Waals surface area contributed by atoms with Gasteiger partial charge in [0.2, 0.25) is 0 Å². The first-order valence-corrected chi connectivity index (χ1v) is 5.07. The Morgan fingerprint density at radius 3 is 2.39 bits per heavy atom. The Kier molecular flexibility index (Phi) is 3.50. The van der Waals surface area contributed by atoms with Gasteiger partial charge in [-0.1, -0.05) is 0 Å². The van der Waals surface area contributed by atoms with Crippen molar-refractivity contribution >= 4 is 5.82 Å². The van der Waals surface area contributed by atoms with Gasteiger partial charge in [-0.05, 0) is 17.7 Å². The van der Waals surface area contributed by atoms with Gasteiger partial charge in [0, 0.05) is 24.9 Å². The van der Waals surface area contributed by atoms with Crippen molar-refractivity contribution in [1.82, 2.24) is 9.78 Å². The van der Waals surface area contributed by atoms with E-state index in [4.69, 9.17) is 0 Å².